The molecule has 3 aromatic rings. The molecule has 0 bridgehead atoms. The Kier molecular flexibility index (Phi) is 6.03. The number of benzene rings is 2. The van der Waals surface area contributed by atoms with E-state index >= 15 is 0 Å². The van der Waals surface area contributed by atoms with Crippen molar-refractivity contribution in [2.24, 2.45) is 0 Å². The van der Waals surface area contributed by atoms with E-state index in [0.717, 1.165) is 36.6 Å². The molecule has 0 fully saturated rings. The first-order chi connectivity index (χ1) is 15.8. The lowest BCUT2D eigenvalue weighted by atomic mass is 10.1. The molecule has 0 spiro atoms. The maximum absolute atomic E-state index is 13.0. The standard InChI is InChI=1S/C22H20F3N5O3/c23-22(24,25)15-10-11-16(18(13-15)30(32)33)27-28-21(31)19-17-9-5-2-6-12-29(17)20(26-19)14-7-3-1-4-8-14/h1,3-4,7-8,10-11,13,27H,2,5-6,9,12H2,(H,28,31). The minimum atomic E-state index is -4.73. The van der Waals surface area contributed by atoms with Crippen LogP contribution in [0.4, 0.5) is 24.5 Å². The maximum atomic E-state index is 13.0. The fourth-order valence-corrected chi connectivity index (χ4v) is 3.86. The molecular weight excluding hydrogens is 439 g/mol. The van der Waals surface area contributed by atoms with Gasteiger partial charge in [-0.05, 0) is 31.4 Å². The van der Waals surface area contributed by atoms with Crippen molar-refractivity contribution in [2.45, 2.75) is 38.4 Å². The number of halogens is 3. The molecule has 2 N–H and O–H groups in total. The van der Waals surface area contributed by atoms with E-state index in [-0.39, 0.29) is 11.4 Å². The van der Waals surface area contributed by atoms with E-state index in [4.69, 9.17) is 0 Å². The van der Waals surface area contributed by atoms with Crippen molar-refractivity contribution in [3.8, 4) is 11.4 Å². The zero-order chi connectivity index (χ0) is 23.6. The van der Waals surface area contributed by atoms with Crippen molar-refractivity contribution in [1.82, 2.24) is 15.0 Å². The van der Waals surface area contributed by atoms with E-state index in [9.17, 15) is 28.1 Å². The summed E-state index contributed by atoms with van der Waals surface area (Å²) in [5.74, 6) is 0.0233. The van der Waals surface area contributed by atoms with Crippen LogP contribution >= 0.6 is 0 Å². The van der Waals surface area contributed by atoms with Crippen molar-refractivity contribution < 1.29 is 22.9 Å². The van der Waals surface area contributed by atoms with Crippen molar-refractivity contribution >= 4 is 17.3 Å². The van der Waals surface area contributed by atoms with Crippen LogP contribution < -0.4 is 10.9 Å². The molecule has 8 nitrogen and oxygen atoms in total. The van der Waals surface area contributed by atoms with Crippen molar-refractivity contribution in [3.05, 3.63) is 75.6 Å². The quantitative estimate of drug-likeness (QED) is 0.415. The van der Waals surface area contributed by atoms with E-state index in [2.05, 4.69) is 15.8 Å². The zero-order valence-electron chi connectivity index (χ0n) is 17.4. The number of fused-ring (bicyclic) bond motifs is 1. The number of nitrogens with zero attached hydrogens (tertiary/aromatic N) is 3. The van der Waals surface area contributed by atoms with Gasteiger partial charge in [0.15, 0.2) is 5.69 Å². The molecule has 4 rings (SSSR count). The molecule has 172 valence electrons. The first kappa shape index (κ1) is 22.3. The zero-order valence-corrected chi connectivity index (χ0v) is 17.4. The number of anilines is 1. The van der Waals surface area contributed by atoms with Crippen LogP contribution in [0.3, 0.4) is 0 Å². The summed E-state index contributed by atoms with van der Waals surface area (Å²) in [4.78, 5) is 27.8. The second kappa shape index (κ2) is 8.93. The maximum Gasteiger partial charge on any atom is 0.416 e. The molecule has 1 amide bonds. The lowest BCUT2D eigenvalue weighted by Gasteiger charge is -2.11. The van der Waals surface area contributed by atoms with Crippen LogP contribution in [0, 0.1) is 10.1 Å². The molecule has 0 atom stereocenters. The molecule has 0 saturated carbocycles. The van der Waals surface area contributed by atoms with Crippen LogP contribution in [-0.2, 0) is 19.1 Å². The van der Waals surface area contributed by atoms with Crippen molar-refractivity contribution in [2.75, 3.05) is 5.43 Å². The number of aromatic nitrogens is 2. The highest BCUT2D eigenvalue weighted by Crippen LogP contribution is 2.35. The number of rotatable bonds is 5. The molecule has 1 aliphatic rings. The first-order valence-corrected chi connectivity index (χ1v) is 10.3. The SMILES string of the molecule is O=C(NNc1ccc(C(F)(F)F)cc1[N+](=O)[O-])c1nc(-c2ccccc2)n2c1CCCCC2. The Hall–Kier alpha value is -3.89. The molecular formula is C22H20F3N5O3. The molecule has 2 aromatic carbocycles. The van der Waals surface area contributed by atoms with Crippen LogP contribution in [0.25, 0.3) is 11.4 Å². The Morgan fingerprint density at radius 3 is 2.55 bits per heavy atom. The van der Waals surface area contributed by atoms with E-state index < -0.39 is 28.3 Å². The van der Waals surface area contributed by atoms with E-state index in [1.165, 1.54) is 0 Å². The van der Waals surface area contributed by atoms with Crippen LogP contribution in [0.2, 0.25) is 0 Å². The van der Waals surface area contributed by atoms with Crippen molar-refractivity contribution in [1.29, 1.82) is 0 Å². The molecule has 0 radical (unpaired) electrons. The number of alkyl halides is 3. The number of nitro groups is 1. The third-order valence-corrected chi connectivity index (χ3v) is 5.45. The molecule has 0 unspecified atom stereocenters. The Morgan fingerprint density at radius 1 is 1.09 bits per heavy atom. The largest absolute Gasteiger partial charge is 0.416 e. The first-order valence-electron chi connectivity index (χ1n) is 10.3. The Balaban J connectivity index is 1.62. The van der Waals surface area contributed by atoms with E-state index in [1.54, 1.807) is 0 Å². The van der Waals surface area contributed by atoms with Crippen molar-refractivity contribution in [3.63, 3.8) is 0 Å². The number of hydrazine groups is 1. The van der Waals surface area contributed by atoms with Crippen LogP contribution in [0.5, 0.6) is 0 Å². The molecule has 0 aliphatic carbocycles. The molecule has 2 heterocycles. The number of amides is 1. The van der Waals surface area contributed by atoms with Gasteiger partial charge in [0.2, 0.25) is 0 Å². The van der Waals surface area contributed by atoms with Gasteiger partial charge in [0.1, 0.15) is 11.5 Å². The minimum Gasteiger partial charge on any atom is -0.327 e. The van der Waals surface area contributed by atoms with Crippen LogP contribution in [0.15, 0.2) is 48.5 Å². The minimum absolute atomic E-state index is 0.179. The number of hydrogen-bond donors (Lipinski definition) is 2. The highest BCUT2D eigenvalue weighted by atomic mass is 19.4. The van der Waals surface area contributed by atoms with Gasteiger partial charge in [-0.3, -0.25) is 25.8 Å². The van der Waals surface area contributed by atoms with Gasteiger partial charge in [-0.15, -0.1) is 0 Å². The lowest BCUT2D eigenvalue weighted by molar-refractivity contribution is -0.384. The number of nitro benzene ring substituents is 1. The topological polar surface area (TPSA) is 102 Å². The second-order valence-electron chi connectivity index (χ2n) is 7.62. The van der Waals surface area contributed by atoms with E-state index in [0.29, 0.717) is 30.9 Å². The van der Waals surface area contributed by atoms with E-state index in [1.807, 2.05) is 34.9 Å². The summed E-state index contributed by atoms with van der Waals surface area (Å²) in [7, 11) is 0. The smallest absolute Gasteiger partial charge is 0.327 e. The molecule has 1 aliphatic heterocycles. The summed E-state index contributed by atoms with van der Waals surface area (Å²) in [6.07, 6.45) is -1.25. The fraction of sp³-hybridized carbons (Fsp3) is 0.273. The third-order valence-electron chi connectivity index (χ3n) is 5.45. The second-order valence-corrected chi connectivity index (χ2v) is 7.62. The van der Waals surface area contributed by atoms with Crippen LogP contribution in [0.1, 0.15) is 41.0 Å². The average Bonchev–Trinajstić information content (AvgIpc) is 2.98. The monoisotopic (exact) mass is 459 g/mol. The molecule has 1 aromatic heterocycles. The summed E-state index contributed by atoms with van der Waals surface area (Å²) in [5.41, 5.74) is 4.30. The summed E-state index contributed by atoms with van der Waals surface area (Å²) >= 11 is 0. The lowest BCUT2D eigenvalue weighted by Crippen LogP contribution is -2.31. The summed E-state index contributed by atoms with van der Waals surface area (Å²) in [6.45, 7) is 0.706. The Labute approximate surface area is 186 Å². The molecule has 0 saturated heterocycles. The average molecular weight is 459 g/mol. The Morgan fingerprint density at radius 2 is 1.85 bits per heavy atom. The van der Waals surface area contributed by atoms with Gasteiger partial charge in [-0.1, -0.05) is 36.8 Å². The summed E-state index contributed by atoms with van der Waals surface area (Å²) in [6, 6.07) is 11.5. The normalized spacial score (nSPS) is 13.7. The van der Waals surface area contributed by atoms with Gasteiger partial charge in [0, 0.05) is 18.2 Å². The van der Waals surface area contributed by atoms with Gasteiger partial charge >= 0.3 is 6.18 Å². The van der Waals surface area contributed by atoms with Gasteiger partial charge in [0.05, 0.1) is 16.2 Å². The van der Waals surface area contributed by atoms with Gasteiger partial charge in [-0.25, -0.2) is 4.98 Å². The fourth-order valence-electron chi connectivity index (χ4n) is 3.86. The van der Waals surface area contributed by atoms with Gasteiger partial charge in [0.25, 0.3) is 11.6 Å². The summed E-state index contributed by atoms with van der Waals surface area (Å²) < 4.78 is 40.7. The predicted molar refractivity (Wildman–Crippen MR) is 114 cm³/mol. The number of hydrogen-bond acceptors (Lipinski definition) is 5. The highest BCUT2D eigenvalue weighted by molar-refractivity contribution is 5.95. The number of nitrogens with one attached hydrogen (secondary N) is 2. The number of imidazole rings is 1. The summed E-state index contributed by atoms with van der Waals surface area (Å²) in [5, 5.41) is 11.3. The predicted octanol–water partition coefficient (Wildman–Crippen LogP) is 4.96. The molecule has 33 heavy (non-hydrogen) atoms. The number of carbonyl (C=O) groups excluding carboxylic acids is 1. The highest BCUT2D eigenvalue weighted by Gasteiger charge is 2.33. The van der Waals surface area contributed by atoms with Gasteiger partial charge < -0.3 is 4.57 Å². The Bertz CT molecular complexity index is 1190. The van der Waals surface area contributed by atoms with Crippen LogP contribution in [-0.4, -0.2) is 20.4 Å². The molecule has 11 heteroatoms. The van der Waals surface area contributed by atoms with Gasteiger partial charge in [-0.2, -0.15) is 13.2 Å². The third kappa shape index (κ3) is 4.66. The number of carbonyl (C=O) groups is 1.